The third-order valence-electron chi connectivity index (χ3n) is 7.85. The summed E-state index contributed by atoms with van der Waals surface area (Å²) in [5, 5.41) is 6.15. The molecular weight excluding hydrogens is 490 g/mol. The Balaban J connectivity index is 2.62. The van der Waals surface area contributed by atoms with Gasteiger partial charge in [-0.15, -0.1) is 0 Å². The van der Waals surface area contributed by atoms with Gasteiger partial charge >= 0.3 is 6.09 Å². The van der Waals surface area contributed by atoms with Gasteiger partial charge in [0.05, 0.1) is 0 Å². The number of benzene rings is 1. The molecule has 0 spiro atoms. The monoisotopic (exact) mass is 543 g/mol. The minimum atomic E-state index is -0.833. The minimum absolute atomic E-state index is 0.104. The summed E-state index contributed by atoms with van der Waals surface area (Å²) in [5.74, 6) is -0.298. The van der Waals surface area contributed by atoms with E-state index in [9.17, 15) is 14.4 Å². The number of amides is 3. The number of carbonyl (C=O) groups is 3. The van der Waals surface area contributed by atoms with Crippen LogP contribution in [0.3, 0.4) is 0 Å². The Morgan fingerprint density at radius 2 is 1.64 bits per heavy atom. The normalized spacial score (nSPS) is 16.4. The van der Waals surface area contributed by atoms with Gasteiger partial charge in [-0.25, -0.2) is 4.79 Å². The number of carbonyl (C=O) groups excluding carboxylic acids is 3. The van der Waals surface area contributed by atoms with E-state index in [0.29, 0.717) is 12.8 Å². The van der Waals surface area contributed by atoms with Crippen LogP contribution in [0.2, 0.25) is 0 Å². The van der Waals surface area contributed by atoms with Gasteiger partial charge in [-0.1, -0.05) is 58.2 Å². The number of rotatable bonds is 10. The van der Waals surface area contributed by atoms with Crippen molar-refractivity contribution in [3.63, 3.8) is 0 Å². The quantitative estimate of drug-likeness (QED) is 0.342. The molecule has 1 aromatic carbocycles. The molecule has 2 rings (SSSR count). The number of nitrogens with one attached hydrogen (secondary N) is 2. The lowest BCUT2D eigenvalue weighted by Crippen LogP contribution is -2.60. The van der Waals surface area contributed by atoms with Crippen molar-refractivity contribution in [3.8, 4) is 0 Å². The van der Waals surface area contributed by atoms with E-state index in [0.717, 1.165) is 42.4 Å². The van der Waals surface area contributed by atoms with Gasteiger partial charge in [0.2, 0.25) is 11.8 Å². The molecule has 0 saturated heterocycles. The average molecular weight is 544 g/mol. The molecule has 1 aromatic rings. The summed E-state index contributed by atoms with van der Waals surface area (Å²) in [6, 6.07) is 4.37. The zero-order valence-electron chi connectivity index (χ0n) is 26.1. The molecule has 39 heavy (non-hydrogen) atoms. The second-order valence-electron chi connectivity index (χ2n) is 13.2. The zero-order valence-corrected chi connectivity index (χ0v) is 26.1. The summed E-state index contributed by atoms with van der Waals surface area (Å²) in [5.41, 5.74) is 1.52. The first-order chi connectivity index (χ1) is 18.1. The van der Waals surface area contributed by atoms with Gasteiger partial charge in [0, 0.05) is 11.6 Å². The molecule has 2 N–H and O–H groups in total. The fourth-order valence-corrected chi connectivity index (χ4v) is 5.25. The highest BCUT2D eigenvalue weighted by Crippen LogP contribution is 2.35. The summed E-state index contributed by atoms with van der Waals surface area (Å²) in [6.07, 6.45) is 5.71. The number of alkyl carbamates (subject to hydrolysis) is 1. The van der Waals surface area contributed by atoms with Crippen LogP contribution in [-0.4, -0.2) is 46.0 Å². The van der Waals surface area contributed by atoms with Crippen LogP contribution in [0.5, 0.6) is 0 Å². The third kappa shape index (κ3) is 9.25. The lowest BCUT2D eigenvalue weighted by Gasteiger charge is -2.45. The fourth-order valence-electron chi connectivity index (χ4n) is 5.25. The highest BCUT2D eigenvalue weighted by Gasteiger charge is 2.44. The second kappa shape index (κ2) is 13.7. The van der Waals surface area contributed by atoms with Gasteiger partial charge in [-0.05, 0) is 96.8 Å². The molecule has 0 aromatic heterocycles. The predicted molar refractivity (Wildman–Crippen MR) is 158 cm³/mol. The maximum atomic E-state index is 14.6. The number of ether oxygens (including phenoxy) is 1. The van der Waals surface area contributed by atoms with E-state index in [1.807, 2.05) is 66.7 Å². The lowest BCUT2D eigenvalue weighted by atomic mass is 9.88. The van der Waals surface area contributed by atoms with Crippen LogP contribution in [0.1, 0.15) is 123 Å². The summed E-state index contributed by atoms with van der Waals surface area (Å²) >= 11 is 0. The zero-order chi connectivity index (χ0) is 29.5. The molecule has 1 fully saturated rings. The van der Waals surface area contributed by atoms with Crippen LogP contribution >= 0.6 is 0 Å². The van der Waals surface area contributed by atoms with Crippen LogP contribution in [-0.2, 0) is 14.3 Å². The largest absolute Gasteiger partial charge is 0.444 e. The Morgan fingerprint density at radius 1 is 1.03 bits per heavy atom. The van der Waals surface area contributed by atoms with E-state index in [-0.39, 0.29) is 23.8 Å². The molecule has 1 saturated carbocycles. The fraction of sp³-hybridized carbons (Fsp3) is 0.719. The predicted octanol–water partition coefficient (Wildman–Crippen LogP) is 6.75. The molecule has 0 radical (unpaired) electrons. The van der Waals surface area contributed by atoms with Crippen LogP contribution in [0, 0.1) is 19.8 Å². The SMILES string of the molecule is CCC(C)(C)N(C(=O)C(CC(C)C)NC(=O)OC(C)(C)C)C(C(=O)NC1CCCCC1)c1cccc(C)c1C. The molecule has 0 heterocycles. The van der Waals surface area contributed by atoms with Crippen LogP contribution in [0.4, 0.5) is 4.79 Å². The Labute approximate surface area is 236 Å². The summed E-state index contributed by atoms with van der Waals surface area (Å²) in [4.78, 5) is 43.4. The molecule has 3 amide bonds. The van der Waals surface area contributed by atoms with Crippen molar-refractivity contribution in [2.24, 2.45) is 5.92 Å². The van der Waals surface area contributed by atoms with Crippen LogP contribution < -0.4 is 10.6 Å². The van der Waals surface area contributed by atoms with Crippen molar-refractivity contribution in [3.05, 3.63) is 34.9 Å². The van der Waals surface area contributed by atoms with Crippen molar-refractivity contribution >= 4 is 17.9 Å². The van der Waals surface area contributed by atoms with E-state index in [1.165, 1.54) is 6.42 Å². The molecule has 2 atom stereocenters. The van der Waals surface area contributed by atoms with Gasteiger partial charge in [0.15, 0.2) is 0 Å². The second-order valence-corrected chi connectivity index (χ2v) is 13.2. The van der Waals surface area contributed by atoms with E-state index in [4.69, 9.17) is 4.74 Å². The third-order valence-corrected chi connectivity index (χ3v) is 7.85. The van der Waals surface area contributed by atoms with Crippen LogP contribution in [0.15, 0.2) is 18.2 Å². The van der Waals surface area contributed by atoms with Gasteiger partial charge in [-0.2, -0.15) is 0 Å². The van der Waals surface area contributed by atoms with Crippen LogP contribution in [0.25, 0.3) is 0 Å². The average Bonchev–Trinajstić information content (AvgIpc) is 2.82. The van der Waals surface area contributed by atoms with Crippen molar-refractivity contribution in [1.29, 1.82) is 0 Å². The molecule has 2 unspecified atom stereocenters. The molecule has 220 valence electrons. The van der Waals surface area contributed by atoms with Gasteiger partial charge < -0.3 is 20.3 Å². The van der Waals surface area contributed by atoms with Crippen molar-refractivity contribution in [1.82, 2.24) is 15.5 Å². The van der Waals surface area contributed by atoms with Crippen molar-refractivity contribution in [2.75, 3.05) is 0 Å². The smallest absolute Gasteiger partial charge is 0.408 e. The Kier molecular flexibility index (Phi) is 11.4. The topological polar surface area (TPSA) is 87.7 Å². The van der Waals surface area contributed by atoms with Crippen molar-refractivity contribution < 1.29 is 19.1 Å². The first-order valence-corrected chi connectivity index (χ1v) is 14.8. The van der Waals surface area contributed by atoms with E-state index < -0.39 is 29.3 Å². The Hall–Kier alpha value is -2.57. The molecule has 7 nitrogen and oxygen atoms in total. The van der Waals surface area contributed by atoms with E-state index >= 15 is 0 Å². The first-order valence-electron chi connectivity index (χ1n) is 14.8. The molecule has 1 aliphatic carbocycles. The molecule has 1 aliphatic rings. The Morgan fingerprint density at radius 3 is 2.18 bits per heavy atom. The van der Waals surface area contributed by atoms with Gasteiger partial charge in [0.1, 0.15) is 17.7 Å². The molecule has 0 aliphatic heterocycles. The number of aryl methyl sites for hydroxylation is 1. The van der Waals surface area contributed by atoms with E-state index in [1.54, 1.807) is 25.7 Å². The number of hydrogen-bond acceptors (Lipinski definition) is 4. The Bertz CT molecular complexity index is 990. The first kappa shape index (κ1) is 32.6. The number of nitrogens with zero attached hydrogens (tertiary/aromatic N) is 1. The highest BCUT2D eigenvalue weighted by molar-refractivity contribution is 5.93. The highest BCUT2D eigenvalue weighted by atomic mass is 16.6. The molecule has 0 bridgehead atoms. The molecule has 7 heteroatoms. The summed E-state index contributed by atoms with van der Waals surface area (Å²) < 4.78 is 5.52. The van der Waals surface area contributed by atoms with Crippen molar-refractivity contribution in [2.45, 2.75) is 143 Å². The maximum absolute atomic E-state index is 14.6. The summed E-state index contributed by atoms with van der Waals surface area (Å²) in [6.45, 7) is 19.5. The van der Waals surface area contributed by atoms with Gasteiger partial charge in [0.25, 0.3) is 0 Å². The van der Waals surface area contributed by atoms with Gasteiger partial charge in [-0.3, -0.25) is 9.59 Å². The van der Waals surface area contributed by atoms with E-state index in [2.05, 4.69) is 10.6 Å². The number of hydrogen-bond donors (Lipinski definition) is 2. The summed E-state index contributed by atoms with van der Waals surface area (Å²) in [7, 11) is 0. The molecular formula is C32H53N3O4. The minimum Gasteiger partial charge on any atom is -0.444 e. The maximum Gasteiger partial charge on any atom is 0.408 e. The standard InChI is InChI=1S/C32H53N3O4/c1-11-32(9,10)35(29(37)26(20-21(2)3)34-30(38)39-31(6,7)8)27(25-19-15-16-22(4)23(25)5)28(36)33-24-17-13-12-14-18-24/h15-16,19,21,24,26-27H,11-14,17-18,20H2,1-10H3,(H,33,36)(H,34,38). The lowest BCUT2D eigenvalue weighted by molar-refractivity contribution is -0.150.